The number of ether oxygens (including phenoxy) is 2. The van der Waals surface area contributed by atoms with E-state index in [-0.39, 0.29) is 6.10 Å². The minimum Gasteiger partial charge on any atom is -0.493 e. The molecular formula is C18H20O2. The van der Waals surface area contributed by atoms with E-state index in [1.165, 1.54) is 0 Å². The van der Waals surface area contributed by atoms with E-state index in [0.29, 0.717) is 6.61 Å². The first kappa shape index (κ1) is 14.2. The molecule has 0 aromatic heterocycles. The summed E-state index contributed by atoms with van der Waals surface area (Å²) in [4.78, 5) is 0. The zero-order chi connectivity index (χ0) is 14.4. The van der Waals surface area contributed by atoms with Crippen LogP contribution in [0.1, 0.15) is 31.1 Å². The van der Waals surface area contributed by atoms with Gasteiger partial charge in [0, 0.05) is 5.56 Å². The summed E-state index contributed by atoms with van der Waals surface area (Å²) in [6, 6.07) is 15.9. The number of rotatable bonds is 6. The quantitative estimate of drug-likeness (QED) is 0.744. The highest BCUT2D eigenvalue weighted by Gasteiger charge is 2.12. The molecule has 1 unspecified atom stereocenters. The SMILES string of the molecule is C=Cc1ccc(OC(C)c2ccccc2OCC)cc1. The summed E-state index contributed by atoms with van der Waals surface area (Å²) in [6.07, 6.45) is 1.75. The highest BCUT2D eigenvalue weighted by atomic mass is 16.5. The Labute approximate surface area is 120 Å². The van der Waals surface area contributed by atoms with Crippen LogP contribution in [0.25, 0.3) is 6.08 Å². The van der Waals surface area contributed by atoms with Crippen molar-refractivity contribution in [2.45, 2.75) is 20.0 Å². The maximum Gasteiger partial charge on any atom is 0.126 e. The lowest BCUT2D eigenvalue weighted by molar-refractivity contribution is 0.218. The fourth-order valence-electron chi connectivity index (χ4n) is 2.05. The van der Waals surface area contributed by atoms with Crippen molar-refractivity contribution in [3.63, 3.8) is 0 Å². The van der Waals surface area contributed by atoms with E-state index < -0.39 is 0 Å². The van der Waals surface area contributed by atoms with Crippen molar-refractivity contribution in [1.29, 1.82) is 0 Å². The molecule has 0 radical (unpaired) electrons. The van der Waals surface area contributed by atoms with E-state index in [1.807, 2.05) is 68.5 Å². The number of benzene rings is 2. The molecule has 0 heterocycles. The van der Waals surface area contributed by atoms with Crippen molar-refractivity contribution >= 4 is 6.08 Å². The smallest absolute Gasteiger partial charge is 0.126 e. The standard InChI is InChI=1S/C18H20O2/c1-4-15-10-12-16(13-11-15)20-14(3)17-8-6-7-9-18(17)19-5-2/h4,6-14H,1,5H2,2-3H3. The van der Waals surface area contributed by atoms with Gasteiger partial charge in [0.25, 0.3) is 0 Å². The Morgan fingerprint density at radius 3 is 2.45 bits per heavy atom. The monoisotopic (exact) mass is 268 g/mol. The molecule has 2 aromatic rings. The molecule has 1 atom stereocenters. The normalized spacial score (nSPS) is 11.7. The molecule has 104 valence electrons. The maximum atomic E-state index is 5.97. The summed E-state index contributed by atoms with van der Waals surface area (Å²) >= 11 is 0. The lowest BCUT2D eigenvalue weighted by Gasteiger charge is -2.18. The molecule has 2 rings (SSSR count). The van der Waals surface area contributed by atoms with Crippen LogP contribution < -0.4 is 9.47 Å². The Hall–Kier alpha value is -2.22. The van der Waals surface area contributed by atoms with Gasteiger partial charge in [0.2, 0.25) is 0 Å². The van der Waals surface area contributed by atoms with Gasteiger partial charge in [-0.2, -0.15) is 0 Å². The highest BCUT2D eigenvalue weighted by Crippen LogP contribution is 2.29. The molecule has 0 saturated carbocycles. The lowest BCUT2D eigenvalue weighted by atomic mass is 10.1. The molecule has 2 heteroatoms. The predicted octanol–water partition coefficient (Wildman–Crippen LogP) is 4.87. The van der Waals surface area contributed by atoms with E-state index >= 15 is 0 Å². The van der Waals surface area contributed by atoms with Crippen LogP contribution in [0.15, 0.2) is 55.1 Å². The first-order chi connectivity index (χ1) is 9.74. The van der Waals surface area contributed by atoms with Gasteiger partial charge in [-0.15, -0.1) is 0 Å². The van der Waals surface area contributed by atoms with E-state index in [4.69, 9.17) is 9.47 Å². The molecule has 0 saturated heterocycles. The van der Waals surface area contributed by atoms with Crippen molar-refractivity contribution in [3.05, 3.63) is 66.2 Å². The van der Waals surface area contributed by atoms with Gasteiger partial charge in [-0.05, 0) is 37.6 Å². The third kappa shape index (κ3) is 3.41. The third-order valence-corrected chi connectivity index (χ3v) is 3.09. The fraction of sp³-hybridized carbons (Fsp3) is 0.222. The molecule has 0 aliphatic rings. The Bertz CT molecular complexity index is 558. The molecule has 0 fully saturated rings. The summed E-state index contributed by atoms with van der Waals surface area (Å²) in [5, 5.41) is 0. The second-order valence-electron chi connectivity index (χ2n) is 4.50. The molecule has 0 spiro atoms. The van der Waals surface area contributed by atoms with Crippen LogP contribution in [0.5, 0.6) is 11.5 Å². The van der Waals surface area contributed by atoms with Gasteiger partial charge in [-0.1, -0.05) is 43.0 Å². The fourth-order valence-corrected chi connectivity index (χ4v) is 2.05. The van der Waals surface area contributed by atoms with Crippen molar-refractivity contribution < 1.29 is 9.47 Å². The minimum atomic E-state index is -0.0627. The average Bonchev–Trinajstić information content (AvgIpc) is 2.49. The van der Waals surface area contributed by atoms with Crippen LogP contribution in [-0.2, 0) is 0 Å². The van der Waals surface area contributed by atoms with Crippen LogP contribution in [-0.4, -0.2) is 6.61 Å². The van der Waals surface area contributed by atoms with E-state index in [2.05, 4.69) is 6.58 Å². The van der Waals surface area contributed by atoms with Gasteiger partial charge in [-0.25, -0.2) is 0 Å². The van der Waals surface area contributed by atoms with Crippen molar-refractivity contribution in [2.24, 2.45) is 0 Å². The molecule has 20 heavy (non-hydrogen) atoms. The molecule has 0 amide bonds. The molecule has 2 nitrogen and oxygen atoms in total. The second kappa shape index (κ2) is 6.80. The number of hydrogen-bond acceptors (Lipinski definition) is 2. The zero-order valence-corrected chi connectivity index (χ0v) is 12.0. The van der Waals surface area contributed by atoms with Gasteiger partial charge >= 0.3 is 0 Å². The van der Waals surface area contributed by atoms with Crippen LogP contribution in [0.3, 0.4) is 0 Å². The number of para-hydroxylation sites is 1. The lowest BCUT2D eigenvalue weighted by Crippen LogP contribution is -2.06. The van der Waals surface area contributed by atoms with Gasteiger partial charge in [0.1, 0.15) is 17.6 Å². The summed E-state index contributed by atoms with van der Waals surface area (Å²) < 4.78 is 11.6. The Morgan fingerprint density at radius 2 is 1.80 bits per heavy atom. The molecule has 0 bridgehead atoms. The summed E-state index contributed by atoms with van der Waals surface area (Å²) in [7, 11) is 0. The summed E-state index contributed by atoms with van der Waals surface area (Å²) in [5.74, 6) is 1.72. The van der Waals surface area contributed by atoms with Crippen LogP contribution in [0.4, 0.5) is 0 Å². The van der Waals surface area contributed by atoms with Crippen LogP contribution in [0.2, 0.25) is 0 Å². The summed E-state index contributed by atoms with van der Waals surface area (Å²) in [6.45, 7) is 8.40. The van der Waals surface area contributed by atoms with Gasteiger partial charge in [0.15, 0.2) is 0 Å². The third-order valence-electron chi connectivity index (χ3n) is 3.09. The van der Waals surface area contributed by atoms with Crippen molar-refractivity contribution in [1.82, 2.24) is 0 Å². The second-order valence-corrected chi connectivity index (χ2v) is 4.50. The van der Waals surface area contributed by atoms with Gasteiger partial charge < -0.3 is 9.47 Å². The Morgan fingerprint density at radius 1 is 1.10 bits per heavy atom. The number of hydrogen-bond donors (Lipinski definition) is 0. The van der Waals surface area contributed by atoms with Crippen LogP contribution in [0, 0.1) is 0 Å². The molecular weight excluding hydrogens is 248 g/mol. The average molecular weight is 268 g/mol. The van der Waals surface area contributed by atoms with Crippen molar-refractivity contribution in [2.75, 3.05) is 6.61 Å². The Kier molecular flexibility index (Phi) is 4.83. The minimum absolute atomic E-state index is 0.0627. The maximum absolute atomic E-state index is 5.97. The molecule has 2 aromatic carbocycles. The van der Waals surface area contributed by atoms with Gasteiger partial charge in [-0.3, -0.25) is 0 Å². The summed E-state index contributed by atoms with van der Waals surface area (Å²) in [5.41, 5.74) is 2.14. The van der Waals surface area contributed by atoms with E-state index in [9.17, 15) is 0 Å². The Balaban J connectivity index is 2.14. The predicted molar refractivity (Wildman–Crippen MR) is 83.2 cm³/mol. The van der Waals surface area contributed by atoms with Gasteiger partial charge in [0.05, 0.1) is 6.61 Å². The largest absolute Gasteiger partial charge is 0.493 e. The first-order valence-electron chi connectivity index (χ1n) is 6.85. The van der Waals surface area contributed by atoms with Crippen LogP contribution >= 0.6 is 0 Å². The topological polar surface area (TPSA) is 18.5 Å². The molecule has 0 N–H and O–H groups in total. The van der Waals surface area contributed by atoms with E-state index in [1.54, 1.807) is 0 Å². The molecule has 0 aliphatic heterocycles. The highest BCUT2D eigenvalue weighted by molar-refractivity contribution is 5.48. The van der Waals surface area contributed by atoms with Crippen molar-refractivity contribution in [3.8, 4) is 11.5 Å². The zero-order valence-electron chi connectivity index (χ0n) is 12.0. The molecule has 0 aliphatic carbocycles. The first-order valence-corrected chi connectivity index (χ1v) is 6.85. The van der Waals surface area contributed by atoms with E-state index in [0.717, 1.165) is 22.6 Å².